The van der Waals surface area contributed by atoms with Gasteiger partial charge in [-0.1, -0.05) is 36.4 Å². The first-order valence-electron chi connectivity index (χ1n) is 7.30. The molecule has 0 fully saturated rings. The molecule has 1 aromatic heterocycles. The summed E-state index contributed by atoms with van der Waals surface area (Å²) in [7, 11) is 0. The lowest BCUT2D eigenvalue weighted by molar-refractivity contribution is 0.0893. The minimum Gasteiger partial charge on any atom is -0.490 e. The zero-order valence-corrected chi connectivity index (χ0v) is 12.7. The van der Waals surface area contributed by atoms with E-state index in [1.165, 1.54) is 0 Å². The summed E-state index contributed by atoms with van der Waals surface area (Å²) in [6.45, 7) is 4.30. The van der Waals surface area contributed by atoms with Gasteiger partial charge in [-0.15, -0.1) is 0 Å². The highest BCUT2D eigenvalue weighted by molar-refractivity contribution is 5.88. The second-order valence-corrected chi connectivity index (χ2v) is 5.33. The van der Waals surface area contributed by atoms with Crippen molar-refractivity contribution in [3.63, 3.8) is 0 Å². The highest BCUT2D eigenvalue weighted by Crippen LogP contribution is 2.25. The predicted molar refractivity (Wildman–Crippen MR) is 84.9 cm³/mol. The molecule has 0 aliphatic carbocycles. The molecule has 114 valence electrons. The molecule has 22 heavy (non-hydrogen) atoms. The van der Waals surface area contributed by atoms with Crippen LogP contribution in [-0.4, -0.2) is 32.6 Å². The standard InChI is InChI=1S/C17H19N3O2/c1-12-18-13(2)20(19-12)10-15(21)11-22-17-9-5-7-14-6-3-4-8-16(14)17/h3-9,15,21H,10-11H2,1-2H3. The van der Waals surface area contributed by atoms with Gasteiger partial charge in [0, 0.05) is 5.39 Å². The third-order valence-corrected chi connectivity index (χ3v) is 3.53. The van der Waals surface area contributed by atoms with Crippen LogP contribution in [0.15, 0.2) is 42.5 Å². The van der Waals surface area contributed by atoms with E-state index in [0.29, 0.717) is 12.4 Å². The maximum atomic E-state index is 10.2. The lowest BCUT2D eigenvalue weighted by Gasteiger charge is -2.14. The molecule has 0 amide bonds. The van der Waals surface area contributed by atoms with Crippen molar-refractivity contribution in [3.05, 3.63) is 54.1 Å². The van der Waals surface area contributed by atoms with Crippen molar-refractivity contribution >= 4 is 10.8 Å². The number of ether oxygens (including phenoxy) is 1. The van der Waals surface area contributed by atoms with Gasteiger partial charge in [0.05, 0.1) is 6.54 Å². The SMILES string of the molecule is Cc1nc(C)n(CC(O)COc2cccc3ccccc23)n1. The molecular formula is C17H19N3O2. The lowest BCUT2D eigenvalue weighted by atomic mass is 10.1. The van der Waals surface area contributed by atoms with E-state index in [4.69, 9.17) is 4.74 Å². The van der Waals surface area contributed by atoms with Gasteiger partial charge in [-0.25, -0.2) is 9.67 Å². The van der Waals surface area contributed by atoms with Crippen LogP contribution in [0.25, 0.3) is 10.8 Å². The summed E-state index contributed by atoms with van der Waals surface area (Å²) in [6, 6.07) is 13.9. The molecular weight excluding hydrogens is 278 g/mol. The van der Waals surface area contributed by atoms with Gasteiger partial charge in [0.25, 0.3) is 0 Å². The molecule has 1 unspecified atom stereocenters. The average molecular weight is 297 g/mol. The van der Waals surface area contributed by atoms with Crippen molar-refractivity contribution in [3.8, 4) is 5.75 Å². The topological polar surface area (TPSA) is 60.2 Å². The van der Waals surface area contributed by atoms with Gasteiger partial charge in [0.2, 0.25) is 0 Å². The summed E-state index contributed by atoms with van der Waals surface area (Å²) >= 11 is 0. The first kappa shape index (κ1) is 14.5. The smallest absolute Gasteiger partial charge is 0.147 e. The molecule has 3 aromatic rings. The fourth-order valence-corrected chi connectivity index (χ4v) is 2.49. The Morgan fingerprint density at radius 1 is 1.14 bits per heavy atom. The Kier molecular flexibility index (Phi) is 4.06. The van der Waals surface area contributed by atoms with Crippen LogP contribution < -0.4 is 4.74 Å². The average Bonchev–Trinajstić information content (AvgIpc) is 2.82. The van der Waals surface area contributed by atoms with Crippen molar-refractivity contribution < 1.29 is 9.84 Å². The summed E-state index contributed by atoms with van der Waals surface area (Å²) in [5, 5.41) is 16.6. The normalized spacial score (nSPS) is 12.5. The highest BCUT2D eigenvalue weighted by Gasteiger charge is 2.11. The molecule has 2 aromatic carbocycles. The first-order valence-corrected chi connectivity index (χ1v) is 7.30. The Morgan fingerprint density at radius 2 is 1.91 bits per heavy atom. The Labute approximate surface area is 129 Å². The summed E-state index contributed by atoms with van der Waals surface area (Å²) in [6.07, 6.45) is -0.640. The van der Waals surface area contributed by atoms with Gasteiger partial charge in [0.15, 0.2) is 0 Å². The van der Waals surface area contributed by atoms with E-state index in [1.54, 1.807) is 4.68 Å². The molecule has 0 bridgehead atoms. The van der Waals surface area contributed by atoms with Crippen molar-refractivity contribution in [1.82, 2.24) is 14.8 Å². The predicted octanol–water partition coefficient (Wildman–Crippen LogP) is 2.49. The molecule has 1 N–H and O–H groups in total. The van der Waals surface area contributed by atoms with E-state index in [9.17, 15) is 5.11 Å². The third kappa shape index (κ3) is 3.09. The molecule has 0 radical (unpaired) electrons. The molecule has 0 aliphatic rings. The third-order valence-electron chi connectivity index (χ3n) is 3.53. The van der Waals surface area contributed by atoms with Crippen LogP contribution in [0.1, 0.15) is 11.6 Å². The van der Waals surface area contributed by atoms with Crippen LogP contribution in [0.2, 0.25) is 0 Å². The molecule has 1 atom stereocenters. The number of rotatable bonds is 5. The number of hydrogen-bond donors (Lipinski definition) is 1. The Balaban J connectivity index is 1.67. The number of nitrogens with zero attached hydrogens (tertiary/aromatic N) is 3. The van der Waals surface area contributed by atoms with Gasteiger partial charge < -0.3 is 9.84 Å². The lowest BCUT2D eigenvalue weighted by Crippen LogP contribution is -2.24. The number of aliphatic hydroxyl groups is 1. The summed E-state index contributed by atoms with van der Waals surface area (Å²) in [5.74, 6) is 2.28. The molecule has 0 aliphatic heterocycles. The number of aryl methyl sites for hydroxylation is 2. The Bertz CT molecular complexity index is 777. The molecule has 5 nitrogen and oxygen atoms in total. The molecule has 5 heteroatoms. The largest absolute Gasteiger partial charge is 0.490 e. The molecule has 0 saturated carbocycles. The zero-order valence-electron chi connectivity index (χ0n) is 12.7. The van der Waals surface area contributed by atoms with E-state index in [1.807, 2.05) is 56.3 Å². The monoisotopic (exact) mass is 297 g/mol. The minimum absolute atomic E-state index is 0.215. The second-order valence-electron chi connectivity index (χ2n) is 5.33. The van der Waals surface area contributed by atoms with Gasteiger partial charge in [-0.05, 0) is 25.3 Å². The van der Waals surface area contributed by atoms with Crippen LogP contribution in [-0.2, 0) is 6.54 Å². The van der Waals surface area contributed by atoms with Crippen LogP contribution >= 0.6 is 0 Å². The van der Waals surface area contributed by atoms with E-state index in [-0.39, 0.29) is 6.61 Å². The number of aromatic nitrogens is 3. The second kappa shape index (κ2) is 6.15. The van der Waals surface area contributed by atoms with Crippen molar-refractivity contribution in [2.75, 3.05) is 6.61 Å². The zero-order chi connectivity index (χ0) is 15.5. The van der Waals surface area contributed by atoms with Crippen molar-refractivity contribution in [2.45, 2.75) is 26.5 Å². The van der Waals surface area contributed by atoms with E-state index in [2.05, 4.69) is 10.1 Å². The molecule has 0 saturated heterocycles. The molecule has 0 spiro atoms. The highest BCUT2D eigenvalue weighted by atomic mass is 16.5. The van der Waals surface area contributed by atoms with Crippen LogP contribution in [0.5, 0.6) is 5.75 Å². The van der Waals surface area contributed by atoms with Gasteiger partial charge in [0.1, 0.15) is 30.1 Å². The van der Waals surface area contributed by atoms with Crippen LogP contribution in [0.3, 0.4) is 0 Å². The van der Waals surface area contributed by atoms with Crippen molar-refractivity contribution in [2.24, 2.45) is 0 Å². The minimum atomic E-state index is -0.640. The molecule has 3 rings (SSSR count). The van der Waals surface area contributed by atoms with Gasteiger partial charge in [-0.2, -0.15) is 5.10 Å². The summed E-state index contributed by atoms with van der Waals surface area (Å²) in [5.41, 5.74) is 0. The number of benzene rings is 2. The number of fused-ring (bicyclic) bond motifs is 1. The maximum Gasteiger partial charge on any atom is 0.147 e. The first-order chi connectivity index (χ1) is 10.6. The summed E-state index contributed by atoms with van der Waals surface area (Å²) < 4.78 is 7.49. The van der Waals surface area contributed by atoms with Crippen molar-refractivity contribution in [1.29, 1.82) is 0 Å². The number of hydrogen-bond acceptors (Lipinski definition) is 4. The Morgan fingerprint density at radius 3 is 2.68 bits per heavy atom. The fourth-order valence-electron chi connectivity index (χ4n) is 2.49. The van der Waals surface area contributed by atoms with E-state index >= 15 is 0 Å². The molecule has 1 heterocycles. The van der Waals surface area contributed by atoms with E-state index < -0.39 is 6.10 Å². The van der Waals surface area contributed by atoms with Crippen LogP contribution in [0, 0.1) is 13.8 Å². The Hall–Kier alpha value is -2.40. The maximum absolute atomic E-state index is 10.2. The number of aliphatic hydroxyl groups excluding tert-OH is 1. The van der Waals surface area contributed by atoms with E-state index in [0.717, 1.165) is 22.3 Å². The summed E-state index contributed by atoms with van der Waals surface area (Å²) in [4.78, 5) is 4.22. The van der Waals surface area contributed by atoms with Gasteiger partial charge >= 0.3 is 0 Å². The van der Waals surface area contributed by atoms with Gasteiger partial charge in [-0.3, -0.25) is 0 Å². The fraction of sp³-hybridized carbons (Fsp3) is 0.294. The quantitative estimate of drug-likeness (QED) is 0.786. The van der Waals surface area contributed by atoms with Crippen LogP contribution in [0.4, 0.5) is 0 Å².